The summed E-state index contributed by atoms with van der Waals surface area (Å²) in [6.45, 7) is 3.49. The molecule has 4 nitrogen and oxygen atoms in total. The summed E-state index contributed by atoms with van der Waals surface area (Å²) in [6.07, 6.45) is 5.99. The van der Waals surface area contributed by atoms with Gasteiger partial charge in [-0.1, -0.05) is 0 Å². The van der Waals surface area contributed by atoms with Crippen molar-refractivity contribution in [2.24, 2.45) is 0 Å². The molecule has 0 aliphatic carbocycles. The highest BCUT2D eigenvalue weighted by atomic mass is 79.9. The Balaban J connectivity index is 1.94. The van der Waals surface area contributed by atoms with E-state index < -0.39 is 0 Å². The van der Waals surface area contributed by atoms with E-state index in [2.05, 4.69) is 63.2 Å². The van der Waals surface area contributed by atoms with Crippen LogP contribution in [0, 0.1) is 0 Å². The van der Waals surface area contributed by atoms with Crippen molar-refractivity contribution in [3.05, 3.63) is 28.5 Å². The van der Waals surface area contributed by atoms with Gasteiger partial charge in [-0.05, 0) is 61.5 Å². The highest BCUT2D eigenvalue weighted by Crippen LogP contribution is 2.16. The minimum absolute atomic E-state index is 0.491. The molecule has 1 saturated heterocycles. The first-order chi connectivity index (χ1) is 9.58. The molecule has 112 valence electrons. The summed E-state index contributed by atoms with van der Waals surface area (Å²) in [4.78, 5) is 9.17. The highest BCUT2D eigenvalue weighted by Gasteiger charge is 2.24. The van der Waals surface area contributed by atoms with E-state index in [0.717, 1.165) is 24.0 Å². The predicted octanol–water partition coefficient (Wildman–Crippen LogP) is 1.61. The molecule has 1 aromatic rings. The zero-order valence-corrected chi connectivity index (χ0v) is 14.2. The van der Waals surface area contributed by atoms with Gasteiger partial charge in [0.2, 0.25) is 0 Å². The minimum atomic E-state index is 0.491. The summed E-state index contributed by atoms with van der Waals surface area (Å²) >= 11 is 3.49. The molecular weight excluding hydrogens is 316 g/mol. The van der Waals surface area contributed by atoms with Crippen LogP contribution < -0.4 is 5.32 Å². The van der Waals surface area contributed by atoms with Crippen LogP contribution in [0.1, 0.15) is 12.0 Å². The van der Waals surface area contributed by atoms with Gasteiger partial charge in [-0.15, -0.1) is 0 Å². The molecule has 1 N–H and O–H groups in total. The van der Waals surface area contributed by atoms with Crippen molar-refractivity contribution in [3.8, 4) is 0 Å². The summed E-state index contributed by atoms with van der Waals surface area (Å²) in [5.74, 6) is 0. The van der Waals surface area contributed by atoms with Crippen molar-refractivity contribution in [3.63, 3.8) is 0 Å². The quantitative estimate of drug-likeness (QED) is 0.882. The lowest BCUT2D eigenvalue weighted by molar-refractivity contribution is 0.102. The van der Waals surface area contributed by atoms with Gasteiger partial charge in [0.25, 0.3) is 0 Å². The number of nitrogens with zero attached hydrogens (tertiary/aromatic N) is 3. The molecule has 1 fully saturated rings. The van der Waals surface area contributed by atoms with E-state index in [9.17, 15) is 0 Å². The molecule has 0 radical (unpaired) electrons. The number of pyridine rings is 1. The Bertz CT molecular complexity index is 426. The first kappa shape index (κ1) is 15.9. The lowest BCUT2D eigenvalue weighted by atomic mass is 9.98. The molecule has 1 aliphatic heterocycles. The number of piperazine rings is 1. The second kappa shape index (κ2) is 7.50. The van der Waals surface area contributed by atoms with Gasteiger partial charge in [-0.2, -0.15) is 0 Å². The van der Waals surface area contributed by atoms with Crippen molar-refractivity contribution < 1.29 is 0 Å². The zero-order chi connectivity index (χ0) is 14.5. The molecule has 0 amide bonds. The Morgan fingerprint density at radius 2 is 2.20 bits per heavy atom. The molecule has 2 unspecified atom stereocenters. The number of likely N-dealkylation sites (N-methyl/N-ethyl adjacent to an activating group) is 3. The summed E-state index contributed by atoms with van der Waals surface area (Å²) in [6, 6.07) is 3.28. The lowest BCUT2D eigenvalue weighted by Crippen LogP contribution is -2.52. The van der Waals surface area contributed by atoms with Gasteiger partial charge >= 0.3 is 0 Å². The summed E-state index contributed by atoms with van der Waals surface area (Å²) in [7, 11) is 6.51. The molecule has 0 saturated carbocycles. The third-order valence-electron chi connectivity index (χ3n) is 4.19. The van der Waals surface area contributed by atoms with Crippen LogP contribution in [0.2, 0.25) is 0 Å². The van der Waals surface area contributed by atoms with Crippen molar-refractivity contribution >= 4 is 15.9 Å². The van der Waals surface area contributed by atoms with Gasteiger partial charge in [0.15, 0.2) is 0 Å². The first-order valence-electron chi connectivity index (χ1n) is 7.24. The Morgan fingerprint density at radius 1 is 1.40 bits per heavy atom. The Hall–Kier alpha value is -0.490. The minimum Gasteiger partial charge on any atom is -0.317 e. The molecular formula is C15H25BrN4. The fraction of sp³-hybridized carbons (Fsp3) is 0.667. The molecule has 1 aromatic heterocycles. The molecule has 2 rings (SSSR count). The van der Waals surface area contributed by atoms with E-state index >= 15 is 0 Å². The van der Waals surface area contributed by atoms with Gasteiger partial charge in [-0.25, -0.2) is 0 Å². The third-order valence-corrected chi connectivity index (χ3v) is 4.62. The summed E-state index contributed by atoms with van der Waals surface area (Å²) in [5.41, 5.74) is 1.28. The van der Waals surface area contributed by atoms with Crippen LogP contribution in [-0.4, -0.2) is 67.6 Å². The summed E-state index contributed by atoms with van der Waals surface area (Å²) in [5, 5.41) is 3.46. The van der Waals surface area contributed by atoms with Crippen LogP contribution in [0.25, 0.3) is 0 Å². The second-order valence-electron chi connectivity index (χ2n) is 5.83. The average molecular weight is 341 g/mol. The molecule has 0 aromatic carbocycles. The van der Waals surface area contributed by atoms with Crippen molar-refractivity contribution in [2.75, 3.05) is 40.8 Å². The maximum absolute atomic E-state index is 4.25. The number of hydrogen-bond acceptors (Lipinski definition) is 4. The fourth-order valence-electron chi connectivity index (χ4n) is 2.84. The largest absolute Gasteiger partial charge is 0.317 e. The standard InChI is InChI=1S/C15H25BrN4/c1-17-14(7-12-6-13(16)10-18-9-12)8-15-11-19(2)4-5-20(15)3/h6,9-10,14-15,17H,4-5,7-8,11H2,1-3H3. The normalized spacial score (nSPS) is 22.9. The Morgan fingerprint density at radius 3 is 2.90 bits per heavy atom. The molecule has 20 heavy (non-hydrogen) atoms. The Labute approximate surface area is 130 Å². The van der Waals surface area contributed by atoms with Gasteiger partial charge in [0, 0.05) is 48.6 Å². The van der Waals surface area contributed by atoms with Crippen LogP contribution in [0.5, 0.6) is 0 Å². The number of hydrogen-bond donors (Lipinski definition) is 1. The molecule has 0 spiro atoms. The Kier molecular flexibility index (Phi) is 5.96. The van der Waals surface area contributed by atoms with Crippen LogP contribution in [0.3, 0.4) is 0 Å². The number of nitrogens with one attached hydrogen (secondary N) is 1. The number of aromatic nitrogens is 1. The predicted molar refractivity (Wildman–Crippen MR) is 87.0 cm³/mol. The van der Waals surface area contributed by atoms with E-state index in [1.807, 2.05) is 12.4 Å². The third kappa shape index (κ3) is 4.52. The van der Waals surface area contributed by atoms with E-state index in [0.29, 0.717) is 12.1 Å². The number of rotatable bonds is 5. The van der Waals surface area contributed by atoms with Gasteiger partial charge in [0.05, 0.1) is 0 Å². The van der Waals surface area contributed by atoms with Crippen molar-refractivity contribution in [1.82, 2.24) is 20.1 Å². The van der Waals surface area contributed by atoms with E-state index in [4.69, 9.17) is 0 Å². The van der Waals surface area contributed by atoms with Crippen LogP contribution in [0.15, 0.2) is 22.9 Å². The zero-order valence-electron chi connectivity index (χ0n) is 12.6. The van der Waals surface area contributed by atoms with E-state index in [1.54, 1.807) is 0 Å². The first-order valence-corrected chi connectivity index (χ1v) is 8.03. The van der Waals surface area contributed by atoms with Crippen molar-refractivity contribution in [2.45, 2.75) is 24.9 Å². The molecule has 2 heterocycles. The highest BCUT2D eigenvalue weighted by molar-refractivity contribution is 9.10. The SMILES string of the molecule is CNC(Cc1cncc(Br)c1)CC1CN(C)CCN1C. The van der Waals surface area contributed by atoms with E-state index in [-0.39, 0.29) is 0 Å². The monoisotopic (exact) mass is 340 g/mol. The molecule has 2 atom stereocenters. The molecule has 5 heteroatoms. The average Bonchev–Trinajstić information content (AvgIpc) is 2.42. The fourth-order valence-corrected chi connectivity index (χ4v) is 3.25. The van der Waals surface area contributed by atoms with Gasteiger partial charge in [0.1, 0.15) is 0 Å². The maximum atomic E-state index is 4.25. The number of halogens is 1. The van der Waals surface area contributed by atoms with Crippen molar-refractivity contribution in [1.29, 1.82) is 0 Å². The van der Waals surface area contributed by atoms with Crippen LogP contribution >= 0.6 is 15.9 Å². The summed E-state index contributed by atoms with van der Waals surface area (Å²) < 4.78 is 1.05. The maximum Gasteiger partial charge on any atom is 0.0410 e. The lowest BCUT2D eigenvalue weighted by Gasteiger charge is -2.39. The second-order valence-corrected chi connectivity index (χ2v) is 6.75. The smallest absolute Gasteiger partial charge is 0.0410 e. The molecule has 0 bridgehead atoms. The molecule has 1 aliphatic rings. The topological polar surface area (TPSA) is 31.4 Å². The van der Waals surface area contributed by atoms with E-state index in [1.165, 1.54) is 18.5 Å². The van der Waals surface area contributed by atoms with Crippen LogP contribution in [-0.2, 0) is 6.42 Å². The van der Waals surface area contributed by atoms with Gasteiger partial charge in [-0.3, -0.25) is 4.98 Å². The van der Waals surface area contributed by atoms with Crippen LogP contribution in [0.4, 0.5) is 0 Å². The van der Waals surface area contributed by atoms with Gasteiger partial charge < -0.3 is 15.1 Å².